The lowest BCUT2D eigenvalue weighted by atomic mass is 10.1. The zero-order valence-corrected chi connectivity index (χ0v) is 38.3. The van der Waals surface area contributed by atoms with Gasteiger partial charge >= 0.3 is 5.97 Å². The molecule has 356 valence electrons. The minimum Gasteiger partial charge on any atom is -0.459 e. The summed E-state index contributed by atoms with van der Waals surface area (Å²) in [7, 11) is 0. The van der Waals surface area contributed by atoms with Crippen molar-refractivity contribution in [3.8, 4) is 33.9 Å². The zero-order valence-electron chi connectivity index (χ0n) is 38.3. The van der Waals surface area contributed by atoms with E-state index in [1.165, 1.54) is 29.1 Å². The molecule has 24 nitrogen and oxygen atoms in total. The Labute approximate surface area is 388 Å². The number of nitrogens with two attached hydrogens (primary N) is 3. The maximum Gasteiger partial charge on any atom is 0.326 e. The molecule has 0 radical (unpaired) electrons. The summed E-state index contributed by atoms with van der Waals surface area (Å²) in [6.07, 6.45) is 2.81. The van der Waals surface area contributed by atoms with Gasteiger partial charge in [0.05, 0.1) is 28.7 Å². The third-order valence-electron chi connectivity index (χ3n) is 9.29. The number of hydrogen-bond acceptors (Lipinski definition) is 17. The SMILES string of the molecule is CC(C)Nc1ncc(-c2cc(C(N)=O)cc([N+](=O)[O-])c2)n(CC(=O)OC(C)(C)C)c1=O.CC(C)Nc1ncc(-c2cc(N)cc(-c3nn[nH]n3)c2)n(CC(=O)NCc2ccc(C(=N)N)cc2)c1=O. The highest BCUT2D eigenvalue weighted by molar-refractivity contribution is 5.95. The molecule has 0 unspecified atom stereocenters. The monoisotopic (exact) mass is 932 g/mol. The van der Waals surface area contributed by atoms with E-state index < -0.39 is 45.8 Å². The number of anilines is 3. The summed E-state index contributed by atoms with van der Waals surface area (Å²) in [6, 6.07) is 15.4. The van der Waals surface area contributed by atoms with E-state index >= 15 is 0 Å². The van der Waals surface area contributed by atoms with Crippen molar-refractivity contribution in [1.82, 2.24) is 45.0 Å². The molecule has 68 heavy (non-hydrogen) atoms. The maximum atomic E-state index is 13.4. The van der Waals surface area contributed by atoms with Gasteiger partial charge in [0.1, 0.15) is 24.5 Å². The Hall–Kier alpha value is -8.83. The van der Waals surface area contributed by atoms with Crippen LogP contribution in [0.1, 0.15) is 70.0 Å². The van der Waals surface area contributed by atoms with E-state index in [2.05, 4.69) is 46.5 Å². The van der Waals surface area contributed by atoms with E-state index in [9.17, 15) is 34.1 Å². The van der Waals surface area contributed by atoms with Crippen molar-refractivity contribution >= 4 is 46.6 Å². The van der Waals surface area contributed by atoms with Crippen LogP contribution in [0.4, 0.5) is 23.0 Å². The van der Waals surface area contributed by atoms with Crippen molar-refractivity contribution in [1.29, 1.82) is 5.41 Å². The predicted molar refractivity (Wildman–Crippen MR) is 253 cm³/mol. The number of rotatable bonds is 16. The number of benzene rings is 3. The molecule has 0 saturated carbocycles. The summed E-state index contributed by atoms with van der Waals surface area (Å²) in [5.41, 5.74) is 18.2. The van der Waals surface area contributed by atoms with Gasteiger partial charge in [-0.25, -0.2) is 9.97 Å². The Kier molecular flexibility index (Phi) is 15.8. The van der Waals surface area contributed by atoms with E-state index in [4.69, 9.17) is 27.3 Å². The summed E-state index contributed by atoms with van der Waals surface area (Å²) >= 11 is 0. The number of carbonyl (C=O) groups excluding carboxylic acids is 3. The third kappa shape index (κ3) is 13.4. The number of amidine groups is 1. The molecular formula is C44H52N16O8. The Morgan fingerprint density at radius 2 is 1.38 bits per heavy atom. The molecular weight excluding hydrogens is 881 g/mol. The summed E-state index contributed by atoms with van der Waals surface area (Å²) in [5.74, 6) is -1.49. The average Bonchev–Trinajstić information content (AvgIpc) is 3.80. The van der Waals surface area contributed by atoms with E-state index in [0.29, 0.717) is 33.9 Å². The second kappa shape index (κ2) is 21.4. The van der Waals surface area contributed by atoms with Crippen LogP contribution in [0.25, 0.3) is 33.9 Å². The first kappa shape index (κ1) is 50.2. The Morgan fingerprint density at radius 1 is 0.824 bits per heavy atom. The Balaban J connectivity index is 0.000000259. The third-order valence-corrected chi connectivity index (χ3v) is 9.29. The molecule has 0 bridgehead atoms. The van der Waals surface area contributed by atoms with Crippen molar-refractivity contribution in [2.45, 2.75) is 85.8 Å². The molecule has 11 N–H and O–H groups in total. The number of hydrogen-bond donors (Lipinski definition) is 8. The standard InChI is InChI=1S/C24H27N11O2.C20H25N5O6/c1-13(2)30-23-24(37)35(12-20(36)28-10-14-3-5-15(6-4-14)21(26)27)19(11-29-23)16-7-17(9-18(25)8-16)22-31-33-34-32-22;1-11(2)23-18-19(28)24(10-16(26)31-20(3,4)5)15(9-22-18)12-6-13(17(21)27)8-14(7-12)25(29)30/h3-9,11,13H,10,12,25H2,1-2H3,(H3,26,27)(H,28,36)(H,29,30)(H,31,32,33,34);6-9,11H,10H2,1-5H3,(H2,21,27)(H,22,23). The first-order valence-electron chi connectivity index (χ1n) is 20.9. The lowest BCUT2D eigenvalue weighted by Crippen LogP contribution is -2.35. The number of aromatic amines is 1. The molecule has 3 heterocycles. The summed E-state index contributed by atoms with van der Waals surface area (Å²) in [4.78, 5) is 82.5. The van der Waals surface area contributed by atoms with Crippen LogP contribution in [-0.2, 0) is 34.0 Å². The Bertz CT molecular complexity index is 2930. The smallest absolute Gasteiger partial charge is 0.326 e. The molecule has 3 aromatic heterocycles. The highest BCUT2D eigenvalue weighted by Crippen LogP contribution is 2.28. The Morgan fingerprint density at radius 3 is 1.88 bits per heavy atom. The van der Waals surface area contributed by atoms with Crippen LogP contribution in [0.15, 0.2) is 82.6 Å². The first-order valence-corrected chi connectivity index (χ1v) is 20.9. The number of H-pyrrole nitrogens is 1. The summed E-state index contributed by atoms with van der Waals surface area (Å²) < 4.78 is 7.75. The molecule has 2 amide bonds. The van der Waals surface area contributed by atoms with Crippen LogP contribution in [-0.4, -0.2) is 86.0 Å². The van der Waals surface area contributed by atoms with Crippen molar-refractivity contribution in [2.24, 2.45) is 11.5 Å². The van der Waals surface area contributed by atoms with Gasteiger partial charge < -0.3 is 37.9 Å². The van der Waals surface area contributed by atoms with Gasteiger partial charge in [0.2, 0.25) is 17.6 Å². The van der Waals surface area contributed by atoms with Crippen LogP contribution in [0, 0.1) is 15.5 Å². The van der Waals surface area contributed by atoms with Crippen LogP contribution in [0.2, 0.25) is 0 Å². The molecule has 24 heteroatoms. The molecule has 6 rings (SSSR count). The minimum absolute atomic E-state index is 0.00265. The fraction of sp³-hybridized carbons (Fsp3) is 0.295. The fourth-order valence-corrected chi connectivity index (χ4v) is 6.42. The molecule has 0 atom stereocenters. The van der Waals surface area contributed by atoms with E-state index in [1.807, 2.05) is 27.7 Å². The molecule has 0 saturated heterocycles. The fourth-order valence-electron chi connectivity index (χ4n) is 6.42. The molecule has 6 aromatic rings. The van der Waals surface area contributed by atoms with Crippen LogP contribution >= 0.6 is 0 Å². The van der Waals surface area contributed by atoms with E-state index in [1.54, 1.807) is 63.2 Å². The number of amides is 2. The number of ether oxygens (including phenoxy) is 1. The molecule has 3 aromatic carbocycles. The number of aromatic nitrogens is 8. The van der Waals surface area contributed by atoms with Gasteiger partial charge in [-0.2, -0.15) is 5.21 Å². The second-order valence-corrected chi connectivity index (χ2v) is 16.8. The second-order valence-electron chi connectivity index (χ2n) is 16.8. The molecule has 0 spiro atoms. The highest BCUT2D eigenvalue weighted by Gasteiger charge is 2.23. The number of nitrogens with one attached hydrogen (secondary N) is 5. The topological polar surface area (TPSA) is 366 Å². The normalized spacial score (nSPS) is 11.1. The van der Waals surface area contributed by atoms with Crippen LogP contribution < -0.4 is 44.3 Å². The lowest BCUT2D eigenvalue weighted by Gasteiger charge is -2.21. The molecule has 0 aliphatic heterocycles. The number of non-ortho nitro benzene ring substituents is 1. The highest BCUT2D eigenvalue weighted by atomic mass is 16.6. The molecule has 0 fully saturated rings. The van der Waals surface area contributed by atoms with Gasteiger partial charge in [-0.15, -0.1) is 10.2 Å². The van der Waals surface area contributed by atoms with Gasteiger partial charge in [0.15, 0.2) is 11.6 Å². The first-order chi connectivity index (χ1) is 32.0. The number of primary amides is 1. The molecule has 0 aliphatic carbocycles. The van der Waals surface area contributed by atoms with Crippen LogP contribution in [0.3, 0.4) is 0 Å². The minimum atomic E-state index is -0.878. The largest absolute Gasteiger partial charge is 0.459 e. The quantitative estimate of drug-likeness (QED) is 0.0172. The number of nitro groups is 1. The number of tetrazole rings is 1. The van der Waals surface area contributed by atoms with E-state index in [-0.39, 0.29) is 65.4 Å². The van der Waals surface area contributed by atoms with Crippen LogP contribution in [0.5, 0.6) is 0 Å². The predicted octanol–water partition coefficient (Wildman–Crippen LogP) is 3.17. The van der Waals surface area contributed by atoms with E-state index in [0.717, 1.165) is 16.2 Å². The number of nitrogens with zero attached hydrogens (tertiary/aromatic N) is 8. The van der Waals surface area contributed by atoms with Crippen molar-refractivity contribution in [2.75, 3.05) is 16.4 Å². The van der Waals surface area contributed by atoms with Gasteiger partial charge in [-0.05, 0) is 83.5 Å². The van der Waals surface area contributed by atoms with Crippen molar-refractivity contribution < 1.29 is 24.0 Å². The van der Waals surface area contributed by atoms with Gasteiger partial charge in [0, 0.05) is 64.3 Å². The van der Waals surface area contributed by atoms with Gasteiger partial charge in [-0.3, -0.25) is 48.6 Å². The maximum absolute atomic E-state index is 13.4. The van der Waals surface area contributed by atoms with Gasteiger partial charge in [0.25, 0.3) is 16.8 Å². The average molecular weight is 933 g/mol. The number of nitrogen functional groups attached to an aromatic ring is 2. The lowest BCUT2D eigenvalue weighted by molar-refractivity contribution is -0.384. The zero-order chi connectivity index (χ0) is 50.0. The molecule has 0 aliphatic rings. The summed E-state index contributed by atoms with van der Waals surface area (Å²) in [5, 5.41) is 41.5. The van der Waals surface area contributed by atoms with Crippen molar-refractivity contribution in [3.63, 3.8) is 0 Å². The van der Waals surface area contributed by atoms with Crippen molar-refractivity contribution in [3.05, 3.63) is 121 Å². The number of carbonyl (C=O) groups is 3. The number of nitro benzene ring substituents is 1. The number of esters is 1. The summed E-state index contributed by atoms with van der Waals surface area (Å²) in [6.45, 7) is 12.0. The van der Waals surface area contributed by atoms with Gasteiger partial charge in [-0.1, -0.05) is 24.3 Å².